The van der Waals surface area contributed by atoms with E-state index in [9.17, 15) is 4.79 Å². The van der Waals surface area contributed by atoms with Gasteiger partial charge in [0.25, 0.3) is 5.91 Å². The number of rotatable bonds is 5. The zero-order valence-electron chi connectivity index (χ0n) is 13.8. The van der Waals surface area contributed by atoms with E-state index in [2.05, 4.69) is 20.5 Å². The van der Waals surface area contributed by atoms with Gasteiger partial charge in [-0.15, -0.1) is 0 Å². The van der Waals surface area contributed by atoms with E-state index < -0.39 is 0 Å². The molecule has 3 aromatic rings. The highest BCUT2D eigenvalue weighted by Gasteiger charge is 2.16. The Hall–Kier alpha value is -2.95. The van der Waals surface area contributed by atoms with E-state index >= 15 is 0 Å². The van der Waals surface area contributed by atoms with Gasteiger partial charge in [-0.3, -0.25) is 14.9 Å². The summed E-state index contributed by atoms with van der Waals surface area (Å²) in [6.45, 7) is 4.08. The zero-order valence-corrected chi connectivity index (χ0v) is 13.8. The average molecular weight is 320 g/mol. The number of carbonyl (C=O) groups is 1. The van der Waals surface area contributed by atoms with E-state index in [1.165, 1.54) is 5.56 Å². The van der Waals surface area contributed by atoms with Crippen molar-refractivity contribution < 1.29 is 4.79 Å². The molecule has 24 heavy (non-hydrogen) atoms. The normalized spacial score (nSPS) is 11.9. The number of aromatic amines is 1. The van der Waals surface area contributed by atoms with Crippen LogP contribution < -0.4 is 5.32 Å². The van der Waals surface area contributed by atoms with Crippen molar-refractivity contribution in [3.63, 3.8) is 0 Å². The van der Waals surface area contributed by atoms with Gasteiger partial charge >= 0.3 is 0 Å². The van der Waals surface area contributed by atoms with Crippen LogP contribution >= 0.6 is 0 Å². The molecule has 0 aliphatic carbocycles. The maximum absolute atomic E-state index is 12.5. The number of aromatic nitrogens is 3. The molecule has 3 rings (SSSR count). The second kappa shape index (κ2) is 7.08. The highest BCUT2D eigenvalue weighted by Crippen LogP contribution is 2.20. The van der Waals surface area contributed by atoms with Crippen LogP contribution in [0.1, 0.15) is 41.0 Å². The van der Waals surface area contributed by atoms with Crippen molar-refractivity contribution in [2.45, 2.75) is 26.3 Å². The Labute approximate surface area is 141 Å². The lowest BCUT2D eigenvalue weighted by atomic mass is 10.1. The van der Waals surface area contributed by atoms with Crippen molar-refractivity contribution in [1.29, 1.82) is 0 Å². The summed E-state index contributed by atoms with van der Waals surface area (Å²) >= 11 is 0. The third kappa shape index (κ3) is 3.51. The molecule has 0 saturated heterocycles. The minimum absolute atomic E-state index is 0.0494. The van der Waals surface area contributed by atoms with Gasteiger partial charge in [0.2, 0.25) is 0 Å². The molecule has 5 nitrogen and oxygen atoms in total. The SMILES string of the molecule is CCC(NC(=O)c1cc(-c2ccc(C)cc2)n[nH]1)c1ccncc1. The molecule has 2 aromatic heterocycles. The fourth-order valence-corrected chi connectivity index (χ4v) is 2.56. The van der Waals surface area contributed by atoms with Crippen LogP contribution in [-0.2, 0) is 0 Å². The molecule has 0 spiro atoms. The Kier molecular flexibility index (Phi) is 4.70. The van der Waals surface area contributed by atoms with Crippen molar-refractivity contribution in [1.82, 2.24) is 20.5 Å². The number of benzene rings is 1. The second-order valence-corrected chi connectivity index (χ2v) is 5.75. The Morgan fingerprint density at radius 2 is 1.88 bits per heavy atom. The Bertz CT molecular complexity index is 809. The maximum atomic E-state index is 12.5. The maximum Gasteiger partial charge on any atom is 0.269 e. The van der Waals surface area contributed by atoms with E-state index in [1.54, 1.807) is 18.5 Å². The summed E-state index contributed by atoms with van der Waals surface area (Å²) in [5.74, 6) is -0.162. The topological polar surface area (TPSA) is 70.7 Å². The molecule has 5 heteroatoms. The van der Waals surface area contributed by atoms with Gasteiger partial charge in [0.05, 0.1) is 11.7 Å². The first-order valence-corrected chi connectivity index (χ1v) is 8.00. The monoisotopic (exact) mass is 320 g/mol. The lowest BCUT2D eigenvalue weighted by Crippen LogP contribution is -2.28. The molecule has 0 aliphatic rings. The summed E-state index contributed by atoms with van der Waals surface area (Å²) in [7, 11) is 0. The van der Waals surface area contributed by atoms with Crippen LogP contribution in [0.25, 0.3) is 11.3 Å². The lowest BCUT2D eigenvalue weighted by Gasteiger charge is -2.16. The number of pyridine rings is 1. The third-order valence-electron chi connectivity index (χ3n) is 3.99. The van der Waals surface area contributed by atoms with Crippen molar-refractivity contribution in [3.8, 4) is 11.3 Å². The fourth-order valence-electron chi connectivity index (χ4n) is 2.56. The molecule has 0 bridgehead atoms. The molecular weight excluding hydrogens is 300 g/mol. The number of aryl methyl sites for hydroxylation is 1. The van der Waals surface area contributed by atoms with E-state index in [-0.39, 0.29) is 11.9 Å². The van der Waals surface area contributed by atoms with Crippen LogP contribution in [-0.4, -0.2) is 21.1 Å². The predicted octanol–water partition coefficient (Wildman–Crippen LogP) is 3.66. The van der Waals surface area contributed by atoms with Crippen LogP contribution in [0.4, 0.5) is 0 Å². The first kappa shape index (κ1) is 15.9. The molecule has 0 saturated carbocycles. The van der Waals surface area contributed by atoms with Crippen LogP contribution in [0, 0.1) is 6.92 Å². The Morgan fingerprint density at radius 3 is 2.54 bits per heavy atom. The smallest absolute Gasteiger partial charge is 0.269 e. The third-order valence-corrected chi connectivity index (χ3v) is 3.99. The predicted molar refractivity (Wildman–Crippen MR) is 93.5 cm³/mol. The first-order valence-electron chi connectivity index (χ1n) is 8.00. The summed E-state index contributed by atoms with van der Waals surface area (Å²) in [5, 5.41) is 10.1. The molecule has 0 fully saturated rings. The summed E-state index contributed by atoms with van der Waals surface area (Å²) in [5.41, 5.74) is 4.43. The number of hydrogen-bond acceptors (Lipinski definition) is 3. The summed E-state index contributed by atoms with van der Waals surface area (Å²) in [4.78, 5) is 16.5. The summed E-state index contributed by atoms with van der Waals surface area (Å²) < 4.78 is 0. The summed E-state index contributed by atoms with van der Waals surface area (Å²) in [6.07, 6.45) is 4.26. The van der Waals surface area contributed by atoms with Crippen LogP contribution in [0.15, 0.2) is 54.9 Å². The molecule has 0 radical (unpaired) electrons. The number of amides is 1. The number of hydrogen-bond donors (Lipinski definition) is 2. The Morgan fingerprint density at radius 1 is 1.17 bits per heavy atom. The van der Waals surface area contributed by atoms with Gasteiger partial charge in [-0.25, -0.2) is 0 Å². The van der Waals surface area contributed by atoms with Crippen molar-refractivity contribution in [2.24, 2.45) is 0 Å². The van der Waals surface area contributed by atoms with Crippen molar-refractivity contribution in [3.05, 3.63) is 71.7 Å². The zero-order chi connectivity index (χ0) is 16.9. The van der Waals surface area contributed by atoms with E-state index in [4.69, 9.17) is 0 Å². The molecule has 0 aliphatic heterocycles. The van der Waals surface area contributed by atoms with Crippen LogP contribution in [0.3, 0.4) is 0 Å². The van der Waals surface area contributed by atoms with Crippen LogP contribution in [0.2, 0.25) is 0 Å². The number of nitrogens with one attached hydrogen (secondary N) is 2. The van der Waals surface area contributed by atoms with Crippen LogP contribution in [0.5, 0.6) is 0 Å². The van der Waals surface area contributed by atoms with E-state index in [0.717, 1.165) is 23.2 Å². The standard InChI is InChI=1S/C19H20N4O/c1-3-16(15-8-10-20-11-9-15)21-19(24)18-12-17(22-23-18)14-6-4-13(2)5-7-14/h4-12,16H,3H2,1-2H3,(H,21,24)(H,22,23). The molecule has 1 atom stereocenters. The number of nitrogens with zero attached hydrogens (tertiary/aromatic N) is 2. The van der Waals surface area contributed by atoms with Gasteiger partial charge in [0, 0.05) is 18.0 Å². The van der Waals surface area contributed by atoms with Gasteiger partial charge in [-0.2, -0.15) is 5.10 Å². The molecule has 1 unspecified atom stereocenters. The van der Waals surface area contributed by atoms with Gasteiger partial charge in [0.1, 0.15) is 5.69 Å². The molecule has 1 amide bonds. The fraction of sp³-hybridized carbons (Fsp3) is 0.211. The van der Waals surface area contributed by atoms with Gasteiger partial charge < -0.3 is 5.32 Å². The largest absolute Gasteiger partial charge is 0.344 e. The average Bonchev–Trinajstić information content (AvgIpc) is 3.11. The van der Waals surface area contributed by atoms with Crippen molar-refractivity contribution >= 4 is 5.91 Å². The summed E-state index contributed by atoms with van der Waals surface area (Å²) in [6, 6.07) is 13.6. The second-order valence-electron chi connectivity index (χ2n) is 5.75. The number of H-pyrrole nitrogens is 1. The molecule has 122 valence electrons. The molecule has 2 N–H and O–H groups in total. The Balaban J connectivity index is 1.75. The van der Waals surface area contributed by atoms with Crippen molar-refractivity contribution in [2.75, 3.05) is 0 Å². The molecule has 2 heterocycles. The van der Waals surface area contributed by atoms with Gasteiger partial charge in [0.15, 0.2) is 0 Å². The quantitative estimate of drug-likeness (QED) is 0.753. The lowest BCUT2D eigenvalue weighted by molar-refractivity contribution is 0.0930. The molecule has 1 aromatic carbocycles. The first-order chi connectivity index (χ1) is 11.7. The van der Waals surface area contributed by atoms with Gasteiger partial charge in [-0.05, 0) is 37.1 Å². The minimum atomic E-state index is -0.162. The van der Waals surface area contributed by atoms with E-state index in [0.29, 0.717) is 5.69 Å². The minimum Gasteiger partial charge on any atom is -0.344 e. The number of carbonyl (C=O) groups excluding carboxylic acids is 1. The highest BCUT2D eigenvalue weighted by atomic mass is 16.2. The van der Waals surface area contributed by atoms with E-state index in [1.807, 2.05) is 50.2 Å². The highest BCUT2D eigenvalue weighted by molar-refractivity contribution is 5.93. The molecular formula is C19H20N4O. The van der Waals surface area contributed by atoms with Gasteiger partial charge in [-0.1, -0.05) is 36.8 Å².